The van der Waals surface area contributed by atoms with Crippen molar-refractivity contribution < 1.29 is 4.79 Å². The monoisotopic (exact) mass is 396 g/mol. The minimum atomic E-state index is -0.384. The molecule has 7 heteroatoms. The maximum Gasteiger partial charge on any atom is 0.258 e. The van der Waals surface area contributed by atoms with Crippen LogP contribution >= 0.6 is 23.2 Å². The van der Waals surface area contributed by atoms with Crippen LogP contribution in [0.25, 0.3) is 16.9 Å². The normalized spacial score (nSPS) is 10.9. The minimum Gasteiger partial charge on any atom is -0.319 e. The first kappa shape index (κ1) is 17.5. The Hall–Kier alpha value is -2.89. The molecule has 5 nitrogen and oxygen atoms in total. The van der Waals surface area contributed by atoms with Crippen LogP contribution in [-0.4, -0.2) is 20.3 Å². The molecular weight excluding hydrogens is 383 g/mol. The average Bonchev–Trinajstić information content (AvgIpc) is 2.99. The Labute approximate surface area is 165 Å². The number of anilines is 1. The summed E-state index contributed by atoms with van der Waals surface area (Å²) in [6, 6.07) is 12.4. The van der Waals surface area contributed by atoms with E-state index in [0.717, 1.165) is 17.0 Å². The number of halogens is 2. The number of pyridine rings is 2. The zero-order valence-corrected chi connectivity index (χ0v) is 15.8. The molecular formula is C20H14Cl2N4O. The predicted molar refractivity (Wildman–Crippen MR) is 108 cm³/mol. The molecule has 0 saturated carbocycles. The maximum atomic E-state index is 12.7. The molecule has 134 valence electrons. The van der Waals surface area contributed by atoms with Crippen molar-refractivity contribution in [3.8, 4) is 11.3 Å². The van der Waals surface area contributed by atoms with Gasteiger partial charge in [-0.1, -0.05) is 29.3 Å². The van der Waals surface area contributed by atoms with E-state index in [1.165, 1.54) is 0 Å². The number of rotatable bonds is 3. The van der Waals surface area contributed by atoms with Gasteiger partial charge in [0.25, 0.3) is 5.91 Å². The summed E-state index contributed by atoms with van der Waals surface area (Å²) in [4.78, 5) is 21.4. The van der Waals surface area contributed by atoms with Crippen LogP contribution in [0.2, 0.25) is 10.0 Å². The summed E-state index contributed by atoms with van der Waals surface area (Å²) in [6.45, 7) is 1.93. The van der Waals surface area contributed by atoms with Gasteiger partial charge < -0.3 is 5.32 Å². The van der Waals surface area contributed by atoms with Gasteiger partial charge in [0.2, 0.25) is 0 Å². The zero-order chi connectivity index (χ0) is 19.0. The smallest absolute Gasteiger partial charge is 0.258 e. The second kappa shape index (κ2) is 7.02. The quantitative estimate of drug-likeness (QED) is 0.513. The first-order chi connectivity index (χ1) is 13.1. The number of imidazole rings is 1. The first-order valence-electron chi connectivity index (χ1n) is 8.19. The van der Waals surface area contributed by atoms with Crippen LogP contribution in [0, 0.1) is 6.92 Å². The summed E-state index contributed by atoms with van der Waals surface area (Å²) in [5, 5.41) is 3.46. The molecule has 3 heterocycles. The Balaban J connectivity index is 1.79. The third kappa shape index (κ3) is 3.16. The molecule has 1 aromatic carbocycles. The van der Waals surface area contributed by atoms with E-state index in [1.54, 1.807) is 36.7 Å². The lowest BCUT2D eigenvalue weighted by atomic mass is 10.1. The van der Waals surface area contributed by atoms with Crippen molar-refractivity contribution in [1.82, 2.24) is 14.4 Å². The van der Waals surface area contributed by atoms with E-state index >= 15 is 0 Å². The fourth-order valence-electron chi connectivity index (χ4n) is 3.04. The molecule has 4 aromatic rings. The van der Waals surface area contributed by atoms with E-state index in [2.05, 4.69) is 15.3 Å². The van der Waals surface area contributed by atoms with E-state index in [1.807, 2.05) is 35.7 Å². The maximum absolute atomic E-state index is 12.7. The largest absolute Gasteiger partial charge is 0.319 e. The van der Waals surface area contributed by atoms with Gasteiger partial charge >= 0.3 is 0 Å². The van der Waals surface area contributed by atoms with Crippen LogP contribution in [0.4, 0.5) is 5.69 Å². The van der Waals surface area contributed by atoms with Gasteiger partial charge in [0.1, 0.15) is 0 Å². The number of aromatic nitrogens is 3. The number of hydrogen-bond acceptors (Lipinski definition) is 3. The van der Waals surface area contributed by atoms with E-state index in [0.29, 0.717) is 21.4 Å². The van der Waals surface area contributed by atoms with E-state index in [-0.39, 0.29) is 11.5 Å². The highest BCUT2D eigenvalue weighted by atomic mass is 35.5. The minimum absolute atomic E-state index is 0.237. The van der Waals surface area contributed by atoms with Crippen LogP contribution < -0.4 is 5.32 Å². The topological polar surface area (TPSA) is 59.3 Å². The van der Waals surface area contributed by atoms with E-state index < -0.39 is 0 Å². The molecule has 3 aromatic heterocycles. The fourth-order valence-corrected chi connectivity index (χ4v) is 3.60. The van der Waals surface area contributed by atoms with Crippen LogP contribution in [0.3, 0.4) is 0 Å². The number of carbonyl (C=O) groups is 1. The number of fused-ring (bicyclic) bond motifs is 1. The van der Waals surface area contributed by atoms with Crippen molar-refractivity contribution in [2.45, 2.75) is 6.92 Å². The number of carbonyl (C=O) groups excluding carboxylic acids is 1. The molecule has 0 spiro atoms. The first-order valence-corrected chi connectivity index (χ1v) is 8.95. The molecule has 27 heavy (non-hydrogen) atoms. The van der Waals surface area contributed by atoms with Crippen LogP contribution in [-0.2, 0) is 0 Å². The number of nitrogens with zero attached hydrogens (tertiary/aromatic N) is 3. The molecule has 0 bridgehead atoms. The molecule has 0 aliphatic heterocycles. The molecule has 4 rings (SSSR count). The SMILES string of the molecule is Cc1nc2c(NC(=O)c3c(Cl)cccc3Cl)cccn2c1-c1ccncc1. The van der Waals surface area contributed by atoms with Crippen LogP contribution in [0.1, 0.15) is 16.1 Å². The summed E-state index contributed by atoms with van der Waals surface area (Å²) in [5.41, 5.74) is 4.23. The van der Waals surface area contributed by atoms with Crippen molar-refractivity contribution in [2.24, 2.45) is 0 Å². The van der Waals surface area contributed by atoms with E-state index in [9.17, 15) is 4.79 Å². The Morgan fingerprint density at radius 2 is 1.74 bits per heavy atom. The highest BCUT2D eigenvalue weighted by molar-refractivity contribution is 6.40. The predicted octanol–water partition coefficient (Wildman–Crippen LogP) is 5.26. The van der Waals surface area contributed by atoms with Crippen molar-refractivity contribution in [3.63, 3.8) is 0 Å². The van der Waals surface area contributed by atoms with Gasteiger partial charge in [-0.3, -0.25) is 14.2 Å². The van der Waals surface area contributed by atoms with Gasteiger partial charge in [-0.15, -0.1) is 0 Å². The highest BCUT2D eigenvalue weighted by Crippen LogP contribution is 2.29. The summed E-state index contributed by atoms with van der Waals surface area (Å²) in [5.74, 6) is -0.384. The van der Waals surface area contributed by atoms with Crippen molar-refractivity contribution in [2.75, 3.05) is 5.32 Å². The Morgan fingerprint density at radius 1 is 1.04 bits per heavy atom. The Bertz CT molecular complexity index is 1140. The highest BCUT2D eigenvalue weighted by Gasteiger charge is 2.18. The fraction of sp³-hybridized carbons (Fsp3) is 0.0500. The molecule has 0 atom stereocenters. The second-order valence-electron chi connectivity index (χ2n) is 5.95. The van der Waals surface area contributed by atoms with Crippen LogP contribution in [0.15, 0.2) is 61.1 Å². The van der Waals surface area contributed by atoms with Gasteiger partial charge in [0.05, 0.1) is 32.7 Å². The standard InChI is InChI=1S/C20H14Cl2N4O/c1-12-18(13-7-9-23-10-8-13)26-11-3-6-16(19(26)24-12)25-20(27)17-14(21)4-2-5-15(17)22/h2-11H,1H3,(H,25,27). The molecule has 0 saturated heterocycles. The van der Waals surface area contributed by atoms with Crippen molar-refractivity contribution >= 4 is 40.4 Å². The number of amides is 1. The van der Waals surface area contributed by atoms with Gasteiger partial charge in [0.15, 0.2) is 5.65 Å². The lowest BCUT2D eigenvalue weighted by molar-refractivity contribution is 0.102. The van der Waals surface area contributed by atoms with Gasteiger partial charge in [0, 0.05) is 24.2 Å². The summed E-state index contributed by atoms with van der Waals surface area (Å²) < 4.78 is 1.94. The van der Waals surface area contributed by atoms with Gasteiger partial charge in [-0.2, -0.15) is 0 Å². The van der Waals surface area contributed by atoms with Crippen molar-refractivity contribution in [1.29, 1.82) is 0 Å². The van der Waals surface area contributed by atoms with E-state index in [4.69, 9.17) is 23.2 Å². The van der Waals surface area contributed by atoms with Gasteiger partial charge in [-0.25, -0.2) is 4.98 Å². The molecule has 0 fully saturated rings. The number of nitrogens with one attached hydrogen (secondary N) is 1. The molecule has 1 N–H and O–H groups in total. The number of hydrogen-bond donors (Lipinski definition) is 1. The van der Waals surface area contributed by atoms with Gasteiger partial charge in [-0.05, 0) is 43.3 Å². The van der Waals surface area contributed by atoms with Crippen LogP contribution in [0.5, 0.6) is 0 Å². The second-order valence-corrected chi connectivity index (χ2v) is 6.76. The summed E-state index contributed by atoms with van der Waals surface area (Å²) in [6.07, 6.45) is 5.38. The Morgan fingerprint density at radius 3 is 2.44 bits per heavy atom. The molecule has 1 amide bonds. The molecule has 0 aliphatic rings. The molecule has 0 unspecified atom stereocenters. The molecule has 0 aliphatic carbocycles. The lowest BCUT2D eigenvalue weighted by Crippen LogP contribution is -2.14. The number of benzene rings is 1. The Kier molecular flexibility index (Phi) is 4.56. The zero-order valence-electron chi connectivity index (χ0n) is 14.3. The lowest BCUT2D eigenvalue weighted by Gasteiger charge is -2.10. The third-order valence-corrected chi connectivity index (χ3v) is 4.85. The van der Waals surface area contributed by atoms with Crippen molar-refractivity contribution in [3.05, 3.63) is 82.4 Å². The number of aryl methyl sites for hydroxylation is 1. The summed E-state index contributed by atoms with van der Waals surface area (Å²) >= 11 is 12.3. The average molecular weight is 397 g/mol. The third-order valence-electron chi connectivity index (χ3n) is 4.22. The summed E-state index contributed by atoms with van der Waals surface area (Å²) in [7, 11) is 0. The molecule has 0 radical (unpaired) electrons.